The summed E-state index contributed by atoms with van der Waals surface area (Å²) < 4.78 is 0. The number of alkyl halides is 1. The summed E-state index contributed by atoms with van der Waals surface area (Å²) in [5, 5.41) is 0. The zero-order valence-corrected chi connectivity index (χ0v) is 16.7. The third-order valence-corrected chi connectivity index (χ3v) is 8.68. The number of hydrogen-bond donors (Lipinski definition) is 0. The van der Waals surface area contributed by atoms with Crippen LogP contribution in [0.25, 0.3) is 0 Å². The lowest BCUT2D eigenvalue weighted by Gasteiger charge is -2.52. The fourth-order valence-corrected chi connectivity index (χ4v) is 7.03. The van der Waals surface area contributed by atoms with Gasteiger partial charge in [-0.15, -0.1) is 0 Å². The highest BCUT2D eigenvalue weighted by Crippen LogP contribution is 2.48. The number of ketones is 1. The van der Waals surface area contributed by atoms with E-state index in [1.54, 1.807) is 0 Å². The lowest BCUT2D eigenvalue weighted by molar-refractivity contribution is -0.127. The van der Waals surface area contributed by atoms with E-state index in [2.05, 4.69) is 20.8 Å². The maximum absolute atomic E-state index is 12.9. The van der Waals surface area contributed by atoms with Crippen LogP contribution in [0.15, 0.2) is 0 Å². The van der Waals surface area contributed by atoms with Crippen LogP contribution >= 0.6 is 15.9 Å². The number of carbonyl (C=O) groups is 1. The molecule has 2 nitrogen and oxygen atoms in total. The smallest absolute Gasteiger partial charge is 0.149 e. The fraction of sp³-hybridized carbons (Fsp3) is 0.952. The van der Waals surface area contributed by atoms with Crippen molar-refractivity contribution in [3.8, 4) is 0 Å². The number of rotatable bonds is 3. The summed E-state index contributed by atoms with van der Waals surface area (Å²) >= 11 is 3.72. The lowest BCUT2D eigenvalue weighted by Crippen LogP contribution is -2.54. The summed E-state index contributed by atoms with van der Waals surface area (Å²) in [5.74, 6) is 3.82. The molecule has 24 heavy (non-hydrogen) atoms. The van der Waals surface area contributed by atoms with Crippen molar-refractivity contribution in [2.75, 3.05) is 13.1 Å². The molecular formula is C21H34BrNO. The minimum atomic E-state index is 0.352. The number of halogens is 1. The molecule has 0 N–H and O–H groups in total. The first-order chi connectivity index (χ1) is 11.7. The van der Waals surface area contributed by atoms with Crippen LogP contribution in [0.3, 0.4) is 0 Å². The molecule has 0 bridgehead atoms. The first kappa shape index (κ1) is 17.5. The van der Waals surface area contributed by atoms with E-state index < -0.39 is 0 Å². The molecule has 1 aliphatic heterocycles. The van der Waals surface area contributed by atoms with Gasteiger partial charge in [-0.05, 0) is 82.1 Å². The number of piperidine rings is 1. The number of likely N-dealkylation sites (tertiary alicyclic amines) is 1. The molecule has 1 heterocycles. The monoisotopic (exact) mass is 395 g/mol. The molecule has 3 aliphatic carbocycles. The predicted octanol–water partition coefficient (Wildman–Crippen LogP) is 5.19. The molecule has 1 saturated heterocycles. The van der Waals surface area contributed by atoms with Crippen LogP contribution in [0.5, 0.6) is 0 Å². The van der Waals surface area contributed by atoms with Gasteiger partial charge in [-0.2, -0.15) is 0 Å². The minimum absolute atomic E-state index is 0.352. The van der Waals surface area contributed by atoms with E-state index in [9.17, 15) is 4.79 Å². The number of Topliss-reactive ketones (excluding diaryl/α,β-unsaturated/α-hetero) is 1. The molecule has 4 aliphatic rings. The molecule has 3 heteroatoms. The van der Waals surface area contributed by atoms with E-state index >= 15 is 0 Å². The van der Waals surface area contributed by atoms with Crippen LogP contribution < -0.4 is 0 Å². The van der Waals surface area contributed by atoms with Gasteiger partial charge in [0.1, 0.15) is 5.78 Å². The first-order valence-corrected chi connectivity index (χ1v) is 11.5. The van der Waals surface area contributed by atoms with Crippen molar-refractivity contribution < 1.29 is 4.79 Å². The van der Waals surface area contributed by atoms with Crippen molar-refractivity contribution in [2.45, 2.75) is 87.9 Å². The van der Waals surface area contributed by atoms with Gasteiger partial charge in [0.05, 0.1) is 6.54 Å². The molecule has 0 aromatic carbocycles. The Morgan fingerprint density at radius 1 is 0.833 bits per heavy atom. The molecular weight excluding hydrogens is 362 g/mol. The average molecular weight is 396 g/mol. The van der Waals surface area contributed by atoms with Gasteiger partial charge in [-0.25, -0.2) is 0 Å². The van der Waals surface area contributed by atoms with Crippen LogP contribution in [0.1, 0.15) is 77.0 Å². The second kappa shape index (κ2) is 7.78. The maximum atomic E-state index is 12.9. The largest absolute Gasteiger partial charge is 0.298 e. The molecule has 0 radical (unpaired) electrons. The Hall–Kier alpha value is 0.110. The molecule has 4 atom stereocenters. The highest BCUT2D eigenvalue weighted by atomic mass is 79.9. The fourth-order valence-electron chi connectivity index (χ4n) is 6.50. The predicted molar refractivity (Wildman–Crippen MR) is 102 cm³/mol. The Labute approximate surface area is 156 Å². The number of carbonyl (C=O) groups excluding carboxylic acids is 1. The molecule has 4 unspecified atom stereocenters. The van der Waals surface area contributed by atoms with Crippen LogP contribution in [-0.2, 0) is 4.79 Å². The zero-order chi connectivity index (χ0) is 16.5. The molecule has 0 spiro atoms. The molecule has 4 fully saturated rings. The molecule has 136 valence electrons. The molecule has 0 amide bonds. The van der Waals surface area contributed by atoms with Gasteiger partial charge >= 0.3 is 0 Å². The zero-order valence-electron chi connectivity index (χ0n) is 15.1. The van der Waals surface area contributed by atoms with E-state index in [-0.39, 0.29) is 0 Å². The Bertz CT molecular complexity index is 445. The number of nitrogens with zero attached hydrogens (tertiary/aromatic N) is 1. The van der Waals surface area contributed by atoms with Gasteiger partial charge in [0, 0.05) is 16.8 Å². The second-order valence-corrected chi connectivity index (χ2v) is 10.3. The summed E-state index contributed by atoms with van der Waals surface area (Å²) in [6, 6.07) is 0.731. The van der Waals surface area contributed by atoms with Crippen molar-refractivity contribution in [3.63, 3.8) is 0 Å². The Kier molecular flexibility index (Phi) is 5.68. The highest BCUT2D eigenvalue weighted by Gasteiger charge is 2.44. The normalized spacial score (nSPS) is 43.7. The Morgan fingerprint density at radius 2 is 1.58 bits per heavy atom. The number of hydrogen-bond acceptors (Lipinski definition) is 2. The highest BCUT2D eigenvalue weighted by molar-refractivity contribution is 9.09. The third kappa shape index (κ3) is 3.63. The van der Waals surface area contributed by atoms with Crippen molar-refractivity contribution in [2.24, 2.45) is 23.7 Å². The van der Waals surface area contributed by atoms with E-state index in [1.807, 2.05) is 0 Å². The van der Waals surface area contributed by atoms with E-state index in [0.29, 0.717) is 16.5 Å². The molecule has 0 aromatic heterocycles. The van der Waals surface area contributed by atoms with Crippen molar-refractivity contribution in [1.29, 1.82) is 0 Å². The van der Waals surface area contributed by atoms with Gasteiger partial charge in [-0.1, -0.05) is 35.2 Å². The van der Waals surface area contributed by atoms with Crippen molar-refractivity contribution in [1.82, 2.24) is 4.90 Å². The van der Waals surface area contributed by atoms with Crippen LogP contribution in [-0.4, -0.2) is 34.6 Å². The van der Waals surface area contributed by atoms with Gasteiger partial charge in [-0.3, -0.25) is 9.69 Å². The van der Waals surface area contributed by atoms with Crippen LogP contribution in [0.2, 0.25) is 0 Å². The topological polar surface area (TPSA) is 20.3 Å². The van der Waals surface area contributed by atoms with E-state index in [4.69, 9.17) is 0 Å². The van der Waals surface area contributed by atoms with Crippen molar-refractivity contribution in [3.05, 3.63) is 0 Å². The van der Waals surface area contributed by atoms with Crippen LogP contribution in [0, 0.1) is 23.7 Å². The molecule has 0 aromatic rings. The van der Waals surface area contributed by atoms with E-state index in [0.717, 1.165) is 43.2 Å². The number of fused-ring (bicyclic) bond motifs is 3. The summed E-state index contributed by atoms with van der Waals surface area (Å²) in [5.41, 5.74) is 0. The molecule has 3 saturated carbocycles. The van der Waals surface area contributed by atoms with Gasteiger partial charge in [0.2, 0.25) is 0 Å². The third-order valence-electron chi connectivity index (χ3n) is 7.77. The Balaban J connectivity index is 1.38. The van der Waals surface area contributed by atoms with Gasteiger partial charge < -0.3 is 0 Å². The van der Waals surface area contributed by atoms with E-state index in [1.165, 1.54) is 70.8 Å². The molecule has 4 rings (SSSR count). The van der Waals surface area contributed by atoms with Gasteiger partial charge in [0.15, 0.2) is 0 Å². The van der Waals surface area contributed by atoms with Gasteiger partial charge in [0.25, 0.3) is 0 Å². The quantitative estimate of drug-likeness (QED) is 0.612. The lowest BCUT2D eigenvalue weighted by atomic mass is 9.61. The first-order valence-electron chi connectivity index (χ1n) is 10.6. The summed E-state index contributed by atoms with van der Waals surface area (Å²) in [6.07, 6.45) is 16.1. The summed E-state index contributed by atoms with van der Waals surface area (Å²) in [4.78, 5) is 16.2. The SMILES string of the molecule is O=C(CN1CCCC2C3CCCCC3CCC21)C1CCC(Br)CC1. The van der Waals surface area contributed by atoms with Crippen LogP contribution in [0.4, 0.5) is 0 Å². The standard InChI is InChI=1S/C21H34BrNO/c22-17-10-7-16(8-11-17)21(24)14-23-13-3-6-19-18-5-2-1-4-15(18)9-12-20(19)23/h15-20H,1-14H2. The Morgan fingerprint density at radius 3 is 2.42 bits per heavy atom. The maximum Gasteiger partial charge on any atom is 0.149 e. The van der Waals surface area contributed by atoms with Crippen molar-refractivity contribution >= 4 is 21.7 Å². The average Bonchev–Trinajstić information content (AvgIpc) is 2.62. The summed E-state index contributed by atoms with van der Waals surface area (Å²) in [7, 11) is 0. The minimum Gasteiger partial charge on any atom is -0.298 e. The second-order valence-electron chi connectivity index (χ2n) is 9.04. The summed E-state index contributed by atoms with van der Waals surface area (Å²) in [6.45, 7) is 1.94.